The molecular weight excluding hydrogens is 278 g/mol. The number of benzene rings is 1. The molecule has 1 unspecified atom stereocenters. The first-order valence-electron chi connectivity index (χ1n) is 8.01. The van der Waals surface area contributed by atoms with Gasteiger partial charge in [0, 0.05) is 13.2 Å². The monoisotopic (exact) mass is 303 g/mol. The van der Waals surface area contributed by atoms with Gasteiger partial charge in [0.25, 0.3) is 5.56 Å². The number of nitrogens with zero attached hydrogens (tertiary/aromatic N) is 2. The number of aliphatic hydroxyl groups is 1. The van der Waals surface area contributed by atoms with Gasteiger partial charge < -0.3 is 10.1 Å². The molecule has 22 heavy (non-hydrogen) atoms. The van der Waals surface area contributed by atoms with Crippen molar-refractivity contribution in [3.05, 3.63) is 40.4 Å². The summed E-state index contributed by atoms with van der Waals surface area (Å²) in [4.78, 5) is 22.0. The Morgan fingerprint density at radius 3 is 2.73 bits per heavy atom. The Morgan fingerprint density at radius 2 is 2.00 bits per heavy atom. The fourth-order valence-corrected chi connectivity index (χ4v) is 2.61. The Labute approximate surface area is 131 Å². The van der Waals surface area contributed by atoms with Crippen LogP contribution in [0.15, 0.2) is 29.1 Å². The predicted molar refractivity (Wildman–Crippen MR) is 89.0 cm³/mol. The van der Waals surface area contributed by atoms with Gasteiger partial charge in [-0.15, -0.1) is 0 Å². The van der Waals surface area contributed by atoms with E-state index in [-0.39, 0.29) is 18.2 Å². The van der Waals surface area contributed by atoms with Crippen molar-refractivity contribution in [2.45, 2.75) is 39.2 Å². The summed E-state index contributed by atoms with van der Waals surface area (Å²) < 4.78 is 0. The summed E-state index contributed by atoms with van der Waals surface area (Å²) >= 11 is 0. The van der Waals surface area contributed by atoms with Crippen LogP contribution >= 0.6 is 0 Å². The summed E-state index contributed by atoms with van der Waals surface area (Å²) in [5.41, 5.74) is 0.635. The van der Waals surface area contributed by atoms with E-state index in [0.717, 1.165) is 37.9 Å². The van der Waals surface area contributed by atoms with Crippen LogP contribution in [0.1, 0.15) is 45.0 Å². The van der Waals surface area contributed by atoms with Gasteiger partial charge in [0.15, 0.2) is 0 Å². The molecule has 0 saturated heterocycles. The second-order valence-electron chi connectivity index (χ2n) is 5.61. The highest BCUT2D eigenvalue weighted by Crippen LogP contribution is 2.18. The van der Waals surface area contributed by atoms with E-state index in [1.807, 2.05) is 18.2 Å². The number of rotatable bonds is 8. The number of unbranched alkanes of at least 4 members (excludes halogenated alkanes) is 1. The molecule has 0 amide bonds. The van der Waals surface area contributed by atoms with Crippen LogP contribution in [0.2, 0.25) is 0 Å². The van der Waals surface area contributed by atoms with Crippen LogP contribution in [0.5, 0.6) is 0 Å². The van der Waals surface area contributed by atoms with Crippen molar-refractivity contribution in [2.24, 2.45) is 0 Å². The first-order valence-corrected chi connectivity index (χ1v) is 8.01. The van der Waals surface area contributed by atoms with Crippen molar-refractivity contribution in [3.8, 4) is 0 Å². The third kappa shape index (κ3) is 3.93. The molecule has 0 bridgehead atoms. The largest absolute Gasteiger partial charge is 0.396 e. The first kappa shape index (κ1) is 16.6. The number of H-pyrrole nitrogens is 1. The minimum atomic E-state index is -0.0925. The smallest absolute Gasteiger partial charge is 0.258 e. The number of aliphatic hydroxyl groups excluding tert-OH is 1. The van der Waals surface area contributed by atoms with E-state index in [1.54, 1.807) is 6.07 Å². The Kier molecular flexibility index (Phi) is 6.10. The SMILES string of the molecule is CCCCN(CCCO)C(C)c1nc2ccccc2c(=O)[nH]1. The molecule has 0 saturated carbocycles. The summed E-state index contributed by atoms with van der Waals surface area (Å²) in [6.07, 6.45) is 2.93. The maximum atomic E-state index is 12.2. The zero-order valence-corrected chi connectivity index (χ0v) is 13.4. The molecule has 2 aromatic rings. The molecule has 120 valence electrons. The summed E-state index contributed by atoms with van der Waals surface area (Å²) in [7, 11) is 0. The molecule has 0 fully saturated rings. The molecule has 1 aromatic heterocycles. The van der Waals surface area contributed by atoms with Gasteiger partial charge in [0.05, 0.1) is 16.9 Å². The van der Waals surface area contributed by atoms with Crippen LogP contribution in [0.3, 0.4) is 0 Å². The predicted octanol–water partition coefficient (Wildman–Crippen LogP) is 2.47. The molecule has 1 atom stereocenters. The molecular formula is C17H25N3O2. The van der Waals surface area contributed by atoms with Gasteiger partial charge >= 0.3 is 0 Å². The van der Waals surface area contributed by atoms with Crippen LogP contribution in [-0.2, 0) is 0 Å². The summed E-state index contributed by atoms with van der Waals surface area (Å²) in [5, 5.41) is 9.70. The molecule has 5 heteroatoms. The molecule has 0 spiro atoms. The van der Waals surface area contributed by atoms with Crippen molar-refractivity contribution < 1.29 is 5.11 Å². The number of aromatic amines is 1. The number of nitrogens with one attached hydrogen (secondary N) is 1. The lowest BCUT2D eigenvalue weighted by atomic mass is 10.2. The summed E-state index contributed by atoms with van der Waals surface area (Å²) in [6, 6.07) is 7.41. The van der Waals surface area contributed by atoms with Crippen LogP contribution in [0, 0.1) is 0 Å². The topological polar surface area (TPSA) is 69.2 Å². The Balaban J connectivity index is 2.28. The van der Waals surface area contributed by atoms with Gasteiger partial charge in [0.2, 0.25) is 0 Å². The van der Waals surface area contributed by atoms with E-state index in [4.69, 9.17) is 5.11 Å². The molecule has 1 aromatic carbocycles. The second kappa shape index (κ2) is 8.06. The minimum Gasteiger partial charge on any atom is -0.396 e. The van der Waals surface area contributed by atoms with Crippen molar-refractivity contribution in [1.29, 1.82) is 0 Å². The molecule has 2 N–H and O–H groups in total. The fourth-order valence-electron chi connectivity index (χ4n) is 2.61. The zero-order chi connectivity index (χ0) is 15.9. The lowest BCUT2D eigenvalue weighted by Crippen LogP contribution is -2.32. The third-order valence-electron chi connectivity index (χ3n) is 3.98. The van der Waals surface area contributed by atoms with E-state index in [2.05, 4.69) is 28.7 Å². The van der Waals surface area contributed by atoms with Gasteiger partial charge in [-0.1, -0.05) is 25.5 Å². The van der Waals surface area contributed by atoms with Gasteiger partial charge in [-0.3, -0.25) is 9.69 Å². The zero-order valence-electron chi connectivity index (χ0n) is 13.4. The molecule has 0 aliphatic carbocycles. The van der Waals surface area contributed by atoms with E-state index < -0.39 is 0 Å². The van der Waals surface area contributed by atoms with Crippen molar-refractivity contribution >= 4 is 10.9 Å². The maximum Gasteiger partial charge on any atom is 0.258 e. The van der Waals surface area contributed by atoms with Crippen LogP contribution in [0.4, 0.5) is 0 Å². The van der Waals surface area contributed by atoms with E-state index in [0.29, 0.717) is 11.2 Å². The molecule has 2 rings (SSSR count). The third-order valence-corrected chi connectivity index (χ3v) is 3.98. The lowest BCUT2D eigenvalue weighted by molar-refractivity contribution is 0.176. The number of hydrogen-bond donors (Lipinski definition) is 2. The number of para-hydroxylation sites is 1. The number of aromatic nitrogens is 2. The van der Waals surface area contributed by atoms with E-state index in [1.165, 1.54) is 0 Å². The molecule has 0 aliphatic heterocycles. The van der Waals surface area contributed by atoms with Crippen molar-refractivity contribution in [2.75, 3.05) is 19.7 Å². The molecule has 1 heterocycles. The van der Waals surface area contributed by atoms with E-state index in [9.17, 15) is 4.79 Å². The normalized spacial score (nSPS) is 12.9. The van der Waals surface area contributed by atoms with E-state index >= 15 is 0 Å². The number of hydrogen-bond acceptors (Lipinski definition) is 4. The van der Waals surface area contributed by atoms with Gasteiger partial charge in [0.1, 0.15) is 5.82 Å². The second-order valence-corrected chi connectivity index (χ2v) is 5.61. The van der Waals surface area contributed by atoms with Crippen molar-refractivity contribution in [1.82, 2.24) is 14.9 Å². The summed E-state index contributed by atoms with van der Waals surface area (Å²) in [5.74, 6) is 0.692. The van der Waals surface area contributed by atoms with Crippen LogP contribution in [0.25, 0.3) is 10.9 Å². The maximum absolute atomic E-state index is 12.2. The lowest BCUT2D eigenvalue weighted by Gasteiger charge is -2.28. The molecule has 0 radical (unpaired) electrons. The average molecular weight is 303 g/mol. The quantitative estimate of drug-likeness (QED) is 0.786. The van der Waals surface area contributed by atoms with Crippen molar-refractivity contribution in [3.63, 3.8) is 0 Å². The fraction of sp³-hybridized carbons (Fsp3) is 0.529. The Morgan fingerprint density at radius 1 is 1.27 bits per heavy atom. The Hall–Kier alpha value is -1.72. The van der Waals surface area contributed by atoms with Crippen LogP contribution < -0.4 is 5.56 Å². The summed E-state index contributed by atoms with van der Waals surface area (Å²) in [6.45, 7) is 6.13. The van der Waals surface area contributed by atoms with Gasteiger partial charge in [-0.05, 0) is 38.4 Å². The molecule has 5 nitrogen and oxygen atoms in total. The highest BCUT2D eigenvalue weighted by molar-refractivity contribution is 5.77. The van der Waals surface area contributed by atoms with Gasteiger partial charge in [-0.25, -0.2) is 4.98 Å². The highest BCUT2D eigenvalue weighted by Gasteiger charge is 2.18. The standard InChI is InChI=1S/C17H25N3O2/c1-3-4-10-20(11-7-12-21)13(2)16-18-15-9-6-5-8-14(15)17(22)19-16/h5-6,8-9,13,21H,3-4,7,10-12H2,1-2H3,(H,18,19,22). The first-order chi connectivity index (χ1) is 10.7. The van der Waals surface area contributed by atoms with Gasteiger partial charge in [-0.2, -0.15) is 0 Å². The minimum absolute atomic E-state index is 0.0235. The molecule has 0 aliphatic rings. The van der Waals surface area contributed by atoms with Crippen LogP contribution in [-0.4, -0.2) is 39.7 Å². The Bertz CT molecular complexity index is 646. The average Bonchev–Trinajstić information content (AvgIpc) is 2.54. The number of fused-ring (bicyclic) bond motifs is 1. The highest BCUT2D eigenvalue weighted by atomic mass is 16.3.